The van der Waals surface area contributed by atoms with Gasteiger partial charge in [-0.2, -0.15) is 0 Å². The number of halogens is 3. The van der Waals surface area contributed by atoms with E-state index >= 15 is 0 Å². The molecule has 1 saturated heterocycles. The van der Waals surface area contributed by atoms with Crippen LogP contribution in [-0.2, 0) is 4.74 Å². The summed E-state index contributed by atoms with van der Waals surface area (Å²) in [7, 11) is 0. The van der Waals surface area contributed by atoms with Crippen molar-refractivity contribution in [2.45, 2.75) is 6.36 Å². The van der Waals surface area contributed by atoms with Gasteiger partial charge in [0, 0.05) is 36.4 Å². The summed E-state index contributed by atoms with van der Waals surface area (Å²) in [5.74, 6) is -0.0432. The number of carbonyl (C=O) groups excluding carboxylic acids is 1. The van der Waals surface area contributed by atoms with Gasteiger partial charge >= 0.3 is 6.36 Å². The molecule has 6 nitrogen and oxygen atoms in total. The zero-order valence-corrected chi connectivity index (χ0v) is 15.8. The van der Waals surface area contributed by atoms with Crippen molar-refractivity contribution in [3.63, 3.8) is 0 Å². The monoisotopic (exact) mass is 417 g/mol. The highest BCUT2D eigenvalue weighted by Gasteiger charge is 2.31. The van der Waals surface area contributed by atoms with Crippen LogP contribution in [0.1, 0.15) is 10.4 Å². The lowest BCUT2D eigenvalue weighted by Crippen LogP contribution is -2.40. The topological polar surface area (TPSA) is 63.7 Å². The van der Waals surface area contributed by atoms with E-state index < -0.39 is 6.36 Å². The van der Waals surface area contributed by atoms with Crippen molar-refractivity contribution in [2.24, 2.45) is 0 Å². The average Bonchev–Trinajstić information content (AvgIpc) is 2.73. The standard InChI is InChI=1S/C21H18F3N3O3/c22-21(23,24)30-15-5-3-4-14(12-15)26-19-17-7-2-1-6-16(17)18(13-25-19)20(28)27-8-10-29-11-9-27/h1-7,12-13H,8-11H2,(H,25,26). The Labute approximate surface area is 170 Å². The maximum atomic E-state index is 12.9. The van der Waals surface area contributed by atoms with E-state index in [0.717, 1.165) is 0 Å². The molecule has 2 aromatic carbocycles. The number of pyridine rings is 1. The van der Waals surface area contributed by atoms with Gasteiger partial charge in [-0.25, -0.2) is 4.98 Å². The number of benzene rings is 2. The lowest BCUT2D eigenvalue weighted by atomic mass is 10.1. The number of fused-ring (bicyclic) bond motifs is 1. The number of rotatable bonds is 4. The maximum Gasteiger partial charge on any atom is 0.573 e. The first-order valence-corrected chi connectivity index (χ1v) is 9.28. The zero-order valence-electron chi connectivity index (χ0n) is 15.8. The van der Waals surface area contributed by atoms with Crippen molar-refractivity contribution < 1.29 is 27.4 Å². The zero-order chi connectivity index (χ0) is 21.1. The molecule has 30 heavy (non-hydrogen) atoms. The van der Waals surface area contributed by atoms with E-state index in [1.54, 1.807) is 23.1 Å². The third kappa shape index (κ3) is 4.46. The van der Waals surface area contributed by atoms with Gasteiger partial charge in [-0.15, -0.1) is 13.2 Å². The highest BCUT2D eigenvalue weighted by molar-refractivity contribution is 6.09. The van der Waals surface area contributed by atoms with Crippen molar-refractivity contribution in [3.05, 3.63) is 60.3 Å². The van der Waals surface area contributed by atoms with Crippen LogP contribution in [0.2, 0.25) is 0 Å². The molecule has 0 aliphatic carbocycles. The molecule has 3 aromatic rings. The number of morpholine rings is 1. The van der Waals surface area contributed by atoms with Gasteiger partial charge in [0.1, 0.15) is 11.6 Å². The Hall–Kier alpha value is -3.33. The van der Waals surface area contributed by atoms with E-state index in [1.807, 2.05) is 12.1 Å². The van der Waals surface area contributed by atoms with Crippen LogP contribution in [-0.4, -0.2) is 48.5 Å². The number of hydrogen-bond acceptors (Lipinski definition) is 5. The second kappa shape index (κ2) is 8.19. The van der Waals surface area contributed by atoms with Crippen LogP contribution in [0, 0.1) is 0 Å². The minimum atomic E-state index is -4.77. The van der Waals surface area contributed by atoms with E-state index in [4.69, 9.17) is 4.74 Å². The summed E-state index contributed by atoms with van der Waals surface area (Å²) < 4.78 is 46.7. The lowest BCUT2D eigenvalue weighted by molar-refractivity contribution is -0.274. The van der Waals surface area contributed by atoms with E-state index in [2.05, 4.69) is 15.0 Å². The molecule has 9 heteroatoms. The number of amides is 1. The number of carbonyl (C=O) groups is 1. The maximum absolute atomic E-state index is 12.9. The molecule has 0 bridgehead atoms. The number of alkyl halides is 3. The molecular weight excluding hydrogens is 399 g/mol. The van der Waals surface area contributed by atoms with Gasteiger partial charge in [-0.1, -0.05) is 30.3 Å². The fourth-order valence-corrected chi connectivity index (χ4v) is 3.31. The highest BCUT2D eigenvalue weighted by Crippen LogP contribution is 2.30. The molecule has 156 valence electrons. The van der Waals surface area contributed by atoms with Crippen LogP contribution in [0.3, 0.4) is 0 Å². The van der Waals surface area contributed by atoms with Gasteiger partial charge < -0.3 is 19.7 Å². The fraction of sp³-hybridized carbons (Fsp3) is 0.238. The Morgan fingerprint density at radius 2 is 1.80 bits per heavy atom. The fourth-order valence-electron chi connectivity index (χ4n) is 3.31. The van der Waals surface area contributed by atoms with Crippen molar-refractivity contribution in [2.75, 3.05) is 31.6 Å². The van der Waals surface area contributed by atoms with Gasteiger partial charge in [0.2, 0.25) is 0 Å². The predicted molar refractivity (Wildman–Crippen MR) is 105 cm³/mol. The van der Waals surface area contributed by atoms with Crippen LogP contribution in [0.5, 0.6) is 5.75 Å². The Morgan fingerprint density at radius 3 is 2.53 bits per heavy atom. The Morgan fingerprint density at radius 1 is 1.07 bits per heavy atom. The molecule has 0 saturated carbocycles. The molecule has 0 spiro atoms. The van der Waals surface area contributed by atoms with Crippen molar-refractivity contribution in [1.29, 1.82) is 0 Å². The first-order valence-electron chi connectivity index (χ1n) is 9.28. The normalized spacial score (nSPS) is 14.6. The second-order valence-electron chi connectivity index (χ2n) is 6.67. The summed E-state index contributed by atoms with van der Waals surface area (Å²) in [5, 5.41) is 4.40. The Balaban J connectivity index is 1.65. The lowest BCUT2D eigenvalue weighted by Gasteiger charge is -2.27. The molecule has 1 amide bonds. The van der Waals surface area contributed by atoms with Crippen molar-refractivity contribution in [1.82, 2.24) is 9.88 Å². The number of nitrogens with one attached hydrogen (secondary N) is 1. The molecule has 1 N–H and O–H groups in total. The van der Waals surface area contributed by atoms with E-state index in [9.17, 15) is 18.0 Å². The van der Waals surface area contributed by atoms with Crippen LogP contribution in [0.25, 0.3) is 10.8 Å². The van der Waals surface area contributed by atoms with Gasteiger partial charge in [0.25, 0.3) is 5.91 Å². The minimum Gasteiger partial charge on any atom is -0.406 e. The van der Waals surface area contributed by atoms with Crippen LogP contribution < -0.4 is 10.1 Å². The number of anilines is 2. The molecule has 1 fully saturated rings. The van der Waals surface area contributed by atoms with Crippen LogP contribution in [0.4, 0.5) is 24.7 Å². The summed E-state index contributed by atoms with van der Waals surface area (Å²) in [6.07, 6.45) is -3.29. The number of nitrogens with zero attached hydrogens (tertiary/aromatic N) is 2. The number of ether oxygens (including phenoxy) is 2. The number of aromatic nitrogens is 1. The molecule has 2 heterocycles. The van der Waals surface area contributed by atoms with Gasteiger partial charge in [0.15, 0.2) is 0 Å². The quantitative estimate of drug-likeness (QED) is 0.684. The number of hydrogen-bond donors (Lipinski definition) is 1. The van der Waals surface area contributed by atoms with Crippen molar-refractivity contribution >= 4 is 28.2 Å². The van der Waals surface area contributed by atoms with Gasteiger partial charge in [-0.3, -0.25) is 4.79 Å². The first-order chi connectivity index (χ1) is 14.4. The molecule has 0 radical (unpaired) electrons. The third-order valence-electron chi connectivity index (χ3n) is 4.65. The summed E-state index contributed by atoms with van der Waals surface area (Å²) in [5.41, 5.74) is 0.842. The summed E-state index contributed by atoms with van der Waals surface area (Å²) in [6.45, 7) is 2.01. The predicted octanol–water partition coefficient (Wildman–Crippen LogP) is 4.35. The van der Waals surface area contributed by atoms with Gasteiger partial charge in [0.05, 0.1) is 18.8 Å². The summed E-state index contributed by atoms with van der Waals surface area (Å²) in [6, 6.07) is 12.7. The highest BCUT2D eigenvalue weighted by atomic mass is 19.4. The molecular formula is C21H18F3N3O3. The van der Waals surface area contributed by atoms with E-state index in [0.29, 0.717) is 54.1 Å². The molecule has 1 aromatic heterocycles. The molecule has 0 atom stereocenters. The Kier molecular flexibility index (Phi) is 5.45. The molecule has 4 rings (SSSR count). The molecule has 1 aliphatic rings. The summed E-state index contributed by atoms with van der Waals surface area (Å²) >= 11 is 0. The van der Waals surface area contributed by atoms with Crippen molar-refractivity contribution in [3.8, 4) is 5.75 Å². The first kappa shape index (κ1) is 20.0. The SMILES string of the molecule is O=C(c1cnc(Nc2cccc(OC(F)(F)F)c2)c2ccccc12)N1CCOCC1. The molecule has 1 aliphatic heterocycles. The van der Waals surface area contributed by atoms with Gasteiger partial charge in [-0.05, 0) is 17.5 Å². The largest absolute Gasteiger partial charge is 0.573 e. The average molecular weight is 417 g/mol. The van der Waals surface area contributed by atoms with E-state index in [-0.39, 0.29) is 11.7 Å². The second-order valence-corrected chi connectivity index (χ2v) is 6.67. The molecule has 0 unspecified atom stereocenters. The van der Waals surface area contributed by atoms with Crippen LogP contribution >= 0.6 is 0 Å². The van der Waals surface area contributed by atoms with Crippen LogP contribution in [0.15, 0.2) is 54.7 Å². The minimum absolute atomic E-state index is 0.130. The summed E-state index contributed by atoms with van der Waals surface area (Å²) in [4.78, 5) is 19.0. The Bertz CT molecular complexity index is 1070. The third-order valence-corrected chi connectivity index (χ3v) is 4.65. The smallest absolute Gasteiger partial charge is 0.406 e. The van der Waals surface area contributed by atoms with E-state index in [1.165, 1.54) is 24.4 Å².